The molecule has 0 saturated carbocycles. The molecule has 0 saturated heterocycles. The van der Waals surface area contributed by atoms with E-state index in [0.717, 1.165) is 0 Å². The van der Waals surface area contributed by atoms with Crippen molar-refractivity contribution in [2.75, 3.05) is 0 Å². The summed E-state index contributed by atoms with van der Waals surface area (Å²) >= 11 is 0. The molecule has 0 unspecified atom stereocenters. The third kappa shape index (κ3) is 1.78. The van der Waals surface area contributed by atoms with Crippen LogP contribution in [0.4, 0.5) is 0 Å². The van der Waals surface area contributed by atoms with E-state index >= 15 is 0 Å². The molecule has 0 spiro atoms. The van der Waals surface area contributed by atoms with Crippen LogP contribution in [0.2, 0.25) is 0 Å². The molecule has 12 heavy (non-hydrogen) atoms. The lowest BCUT2D eigenvalue weighted by Gasteiger charge is -2.00. The molecule has 0 aromatic carbocycles. The SMILES string of the molecule is CC(=O)Cn1cncc1C(C)=O. The minimum Gasteiger partial charge on any atom is -0.321 e. The van der Waals surface area contributed by atoms with Crippen LogP contribution in [0, 0.1) is 0 Å². The second kappa shape index (κ2) is 3.30. The normalized spacial score (nSPS) is 9.83. The third-order valence-electron chi connectivity index (χ3n) is 1.47. The van der Waals surface area contributed by atoms with Gasteiger partial charge in [0.25, 0.3) is 0 Å². The highest BCUT2D eigenvalue weighted by atomic mass is 16.1. The largest absolute Gasteiger partial charge is 0.321 e. The molecule has 0 fully saturated rings. The van der Waals surface area contributed by atoms with Crippen LogP contribution < -0.4 is 0 Å². The van der Waals surface area contributed by atoms with Gasteiger partial charge in [-0.3, -0.25) is 9.59 Å². The van der Waals surface area contributed by atoms with Gasteiger partial charge < -0.3 is 4.57 Å². The monoisotopic (exact) mass is 166 g/mol. The molecule has 0 N–H and O–H groups in total. The van der Waals surface area contributed by atoms with Crippen molar-refractivity contribution in [3.63, 3.8) is 0 Å². The van der Waals surface area contributed by atoms with E-state index in [2.05, 4.69) is 4.98 Å². The van der Waals surface area contributed by atoms with E-state index in [-0.39, 0.29) is 18.1 Å². The summed E-state index contributed by atoms with van der Waals surface area (Å²) in [5, 5.41) is 0. The lowest BCUT2D eigenvalue weighted by atomic mass is 10.3. The maximum atomic E-state index is 10.9. The van der Waals surface area contributed by atoms with E-state index in [1.807, 2.05) is 0 Å². The Morgan fingerprint density at radius 3 is 2.67 bits per heavy atom. The fraction of sp³-hybridized carbons (Fsp3) is 0.375. The first-order valence-electron chi connectivity index (χ1n) is 3.61. The van der Waals surface area contributed by atoms with Crippen LogP contribution in [0.1, 0.15) is 24.3 Å². The van der Waals surface area contributed by atoms with Gasteiger partial charge in [0.2, 0.25) is 0 Å². The third-order valence-corrected chi connectivity index (χ3v) is 1.47. The first-order valence-corrected chi connectivity index (χ1v) is 3.61. The summed E-state index contributed by atoms with van der Waals surface area (Å²) in [5.74, 6) is -0.0655. The van der Waals surface area contributed by atoms with Gasteiger partial charge in [0.05, 0.1) is 19.1 Å². The van der Waals surface area contributed by atoms with Gasteiger partial charge >= 0.3 is 0 Å². The molecule has 1 aromatic heterocycles. The Bertz CT molecular complexity index is 315. The van der Waals surface area contributed by atoms with Crippen LogP contribution in [-0.4, -0.2) is 21.1 Å². The average molecular weight is 166 g/mol. The van der Waals surface area contributed by atoms with Crippen molar-refractivity contribution in [3.05, 3.63) is 18.2 Å². The van der Waals surface area contributed by atoms with Crippen molar-refractivity contribution >= 4 is 11.6 Å². The van der Waals surface area contributed by atoms with Crippen LogP contribution in [-0.2, 0) is 11.3 Å². The molecule has 0 radical (unpaired) electrons. The van der Waals surface area contributed by atoms with E-state index in [1.54, 1.807) is 4.57 Å². The minimum absolute atomic E-state index is 0.00972. The summed E-state index contributed by atoms with van der Waals surface area (Å²) in [6, 6.07) is 0. The second-order valence-corrected chi connectivity index (χ2v) is 2.66. The molecule has 0 atom stereocenters. The summed E-state index contributed by atoms with van der Waals surface area (Å²) in [6.07, 6.45) is 2.95. The molecule has 64 valence electrons. The standard InChI is InChI=1S/C8H10N2O2/c1-6(11)4-10-5-9-3-8(10)7(2)12/h3,5H,4H2,1-2H3. The summed E-state index contributed by atoms with van der Waals surface area (Å²) in [7, 11) is 0. The highest BCUT2D eigenvalue weighted by Crippen LogP contribution is 1.99. The van der Waals surface area contributed by atoms with Gasteiger partial charge in [0.1, 0.15) is 11.5 Å². The van der Waals surface area contributed by atoms with E-state index in [1.165, 1.54) is 26.4 Å². The van der Waals surface area contributed by atoms with Crippen molar-refractivity contribution in [3.8, 4) is 0 Å². The van der Waals surface area contributed by atoms with Gasteiger partial charge in [-0.05, 0) is 6.92 Å². The summed E-state index contributed by atoms with van der Waals surface area (Å²) < 4.78 is 1.55. The maximum Gasteiger partial charge on any atom is 0.177 e. The van der Waals surface area contributed by atoms with Crippen molar-refractivity contribution in [2.24, 2.45) is 0 Å². The van der Waals surface area contributed by atoms with Crippen LogP contribution in [0.15, 0.2) is 12.5 Å². The van der Waals surface area contributed by atoms with Gasteiger partial charge in [-0.15, -0.1) is 0 Å². The smallest absolute Gasteiger partial charge is 0.177 e. The van der Waals surface area contributed by atoms with Gasteiger partial charge in [-0.2, -0.15) is 0 Å². The van der Waals surface area contributed by atoms with Crippen LogP contribution >= 0.6 is 0 Å². The van der Waals surface area contributed by atoms with Crippen molar-refractivity contribution in [1.82, 2.24) is 9.55 Å². The number of carbonyl (C=O) groups excluding carboxylic acids is 2. The molecular weight excluding hydrogens is 156 g/mol. The number of nitrogens with zero attached hydrogens (tertiary/aromatic N) is 2. The molecule has 1 rings (SSSR count). The van der Waals surface area contributed by atoms with E-state index in [4.69, 9.17) is 0 Å². The Morgan fingerprint density at radius 2 is 2.17 bits per heavy atom. The fourth-order valence-electron chi connectivity index (χ4n) is 0.980. The predicted molar refractivity (Wildman–Crippen MR) is 42.9 cm³/mol. The zero-order valence-corrected chi connectivity index (χ0v) is 7.07. The molecule has 0 amide bonds. The molecule has 1 aromatic rings. The molecule has 0 aliphatic heterocycles. The molecule has 4 nitrogen and oxygen atoms in total. The topological polar surface area (TPSA) is 52.0 Å². The number of rotatable bonds is 3. The average Bonchev–Trinajstić information content (AvgIpc) is 2.33. The van der Waals surface area contributed by atoms with E-state index in [0.29, 0.717) is 5.69 Å². The number of ketones is 2. The van der Waals surface area contributed by atoms with E-state index < -0.39 is 0 Å². The quantitative estimate of drug-likeness (QED) is 0.620. The Labute approximate surface area is 70.2 Å². The van der Waals surface area contributed by atoms with Gasteiger partial charge in [-0.25, -0.2) is 4.98 Å². The lowest BCUT2D eigenvalue weighted by Crippen LogP contribution is -2.10. The zero-order chi connectivity index (χ0) is 9.14. The number of Topliss-reactive ketones (excluding diaryl/α,β-unsaturated/α-hetero) is 2. The first-order chi connectivity index (χ1) is 5.61. The molecule has 0 aliphatic carbocycles. The van der Waals surface area contributed by atoms with Crippen LogP contribution in [0.3, 0.4) is 0 Å². The summed E-state index contributed by atoms with van der Waals surface area (Å²) in [5.41, 5.74) is 0.477. The predicted octanol–water partition coefficient (Wildman–Crippen LogP) is 0.675. The van der Waals surface area contributed by atoms with Gasteiger partial charge in [0, 0.05) is 6.92 Å². The van der Waals surface area contributed by atoms with Gasteiger partial charge in [0.15, 0.2) is 5.78 Å². The van der Waals surface area contributed by atoms with Crippen molar-refractivity contribution in [1.29, 1.82) is 0 Å². The Balaban J connectivity index is 2.91. The number of imidazole rings is 1. The lowest BCUT2D eigenvalue weighted by molar-refractivity contribution is -0.117. The summed E-state index contributed by atoms with van der Waals surface area (Å²) in [4.78, 5) is 25.4. The number of carbonyl (C=O) groups is 2. The second-order valence-electron chi connectivity index (χ2n) is 2.66. The Morgan fingerprint density at radius 1 is 1.50 bits per heavy atom. The molecular formula is C8H10N2O2. The highest BCUT2D eigenvalue weighted by Gasteiger charge is 2.07. The number of hydrogen-bond acceptors (Lipinski definition) is 3. The van der Waals surface area contributed by atoms with Crippen molar-refractivity contribution in [2.45, 2.75) is 20.4 Å². The molecule has 4 heteroatoms. The Hall–Kier alpha value is -1.45. The molecule has 0 bridgehead atoms. The minimum atomic E-state index is -0.0752. The molecule has 0 aliphatic rings. The number of aromatic nitrogens is 2. The zero-order valence-electron chi connectivity index (χ0n) is 7.07. The number of hydrogen-bond donors (Lipinski definition) is 0. The van der Waals surface area contributed by atoms with Crippen LogP contribution in [0.25, 0.3) is 0 Å². The van der Waals surface area contributed by atoms with Gasteiger partial charge in [-0.1, -0.05) is 0 Å². The van der Waals surface area contributed by atoms with E-state index in [9.17, 15) is 9.59 Å². The molecule has 1 heterocycles. The highest BCUT2D eigenvalue weighted by molar-refractivity contribution is 5.92. The Kier molecular flexibility index (Phi) is 2.38. The first kappa shape index (κ1) is 8.64. The van der Waals surface area contributed by atoms with Crippen molar-refractivity contribution < 1.29 is 9.59 Å². The maximum absolute atomic E-state index is 10.9. The fourth-order valence-corrected chi connectivity index (χ4v) is 0.980. The summed E-state index contributed by atoms with van der Waals surface area (Å²) in [6.45, 7) is 3.15. The van der Waals surface area contributed by atoms with Crippen LogP contribution in [0.5, 0.6) is 0 Å².